The molecule has 0 rings (SSSR count). The van der Waals surface area contributed by atoms with Crippen molar-refractivity contribution in [3.05, 3.63) is 0 Å². The minimum atomic E-state index is -0.773. The first-order valence-electron chi connectivity index (χ1n) is 4.36. The molecule has 0 saturated heterocycles. The summed E-state index contributed by atoms with van der Waals surface area (Å²) < 4.78 is 0. The average Bonchev–Trinajstić information content (AvgIpc) is 2.01. The summed E-state index contributed by atoms with van der Waals surface area (Å²) in [6.07, 6.45) is 1.87. The van der Waals surface area contributed by atoms with Gasteiger partial charge < -0.3 is 21.1 Å². The molecule has 0 aromatic heterocycles. The van der Waals surface area contributed by atoms with Crippen molar-refractivity contribution in [2.24, 2.45) is 11.7 Å². The van der Waals surface area contributed by atoms with E-state index in [2.05, 4.69) is 0 Å². The summed E-state index contributed by atoms with van der Waals surface area (Å²) in [6.45, 7) is 0.261. The summed E-state index contributed by atoms with van der Waals surface area (Å²) in [4.78, 5) is 0. The highest BCUT2D eigenvalue weighted by Gasteiger charge is 2.08. The molecule has 74 valence electrons. The molecule has 0 aliphatic carbocycles. The molecular formula is C8H19NO3. The Bertz CT molecular complexity index is 92.3. The SMILES string of the molecule is NC(O)CCC(CCO)CCO. The lowest BCUT2D eigenvalue weighted by molar-refractivity contribution is 0.147. The number of aliphatic hydroxyl groups excluding tert-OH is 3. The maximum atomic E-state index is 8.79. The van der Waals surface area contributed by atoms with Crippen LogP contribution >= 0.6 is 0 Å². The molecule has 1 unspecified atom stereocenters. The van der Waals surface area contributed by atoms with Crippen molar-refractivity contribution < 1.29 is 15.3 Å². The van der Waals surface area contributed by atoms with E-state index in [-0.39, 0.29) is 19.1 Å². The Labute approximate surface area is 73.0 Å². The minimum absolute atomic E-state index is 0.130. The molecule has 0 aliphatic rings. The van der Waals surface area contributed by atoms with Crippen LogP contribution in [0.1, 0.15) is 25.7 Å². The van der Waals surface area contributed by atoms with E-state index >= 15 is 0 Å². The summed E-state index contributed by atoms with van der Waals surface area (Å²) in [7, 11) is 0. The van der Waals surface area contributed by atoms with Gasteiger partial charge in [-0.15, -0.1) is 0 Å². The molecule has 4 nitrogen and oxygen atoms in total. The van der Waals surface area contributed by atoms with Gasteiger partial charge in [0.15, 0.2) is 0 Å². The lowest BCUT2D eigenvalue weighted by Crippen LogP contribution is -2.20. The number of aliphatic hydroxyl groups is 3. The van der Waals surface area contributed by atoms with E-state index in [1.807, 2.05) is 0 Å². The van der Waals surface area contributed by atoms with Gasteiger partial charge in [-0.05, 0) is 31.6 Å². The van der Waals surface area contributed by atoms with Crippen molar-refractivity contribution >= 4 is 0 Å². The van der Waals surface area contributed by atoms with Crippen molar-refractivity contribution in [2.75, 3.05) is 13.2 Å². The van der Waals surface area contributed by atoms with Crippen molar-refractivity contribution in [2.45, 2.75) is 31.9 Å². The molecule has 0 fully saturated rings. The monoisotopic (exact) mass is 177 g/mol. The van der Waals surface area contributed by atoms with Gasteiger partial charge in [0.1, 0.15) is 6.23 Å². The maximum absolute atomic E-state index is 8.79. The first-order valence-corrected chi connectivity index (χ1v) is 4.36. The van der Waals surface area contributed by atoms with Gasteiger partial charge in [-0.1, -0.05) is 0 Å². The second kappa shape index (κ2) is 7.49. The minimum Gasteiger partial charge on any atom is -0.396 e. The van der Waals surface area contributed by atoms with Gasteiger partial charge in [-0.2, -0.15) is 0 Å². The molecule has 1 atom stereocenters. The van der Waals surface area contributed by atoms with Gasteiger partial charge in [0, 0.05) is 13.2 Å². The summed E-state index contributed by atoms with van der Waals surface area (Å²) in [5, 5.41) is 26.1. The van der Waals surface area contributed by atoms with E-state index in [0.29, 0.717) is 19.3 Å². The number of rotatable bonds is 7. The summed E-state index contributed by atoms with van der Waals surface area (Å²) in [5.41, 5.74) is 5.16. The van der Waals surface area contributed by atoms with E-state index in [1.165, 1.54) is 0 Å². The predicted octanol–water partition coefficient (Wildman–Crippen LogP) is -0.575. The average molecular weight is 177 g/mol. The Balaban J connectivity index is 3.48. The van der Waals surface area contributed by atoms with Crippen LogP contribution < -0.4 is 5.73 Å². The van der Waals surface area contributed by atoms with Crippen LogP contribution in [0, 0.1) is 5.92 Å². The second-order valence-electron chi connectivity index (χ2n) is 3.04. The highest BCUT2D eigenvalue weighted by Crippen LogP contribution is 2.15. The molecule has 0 radical (unpaired) electrons. The molecule has 0 aromatic rings. The van der Waals surface area contributed by atoms with Crippen LogP contribution in [0.3, 0.4) is 0 Å². The number of hydrogen-bond donors (Lipinski definition) is 4. The van der Waals surface area contributed by atoms with Crippen LogP contribution in [-0.2, 0) is 0 Å². The van der Waals surface area contributed by atoms with Gasteiger partial charge in [-0.25, -0.2) is 0 Å². The zero-order valence-corrected chi connectivity index (χ0v) is 7.32. The molecule has 0 spiro atoms. The van der Waals surface area contributed by atoms with Crippen molar-refractivity contribution in [1.82, 2.24) is 0 Å². The molecule has 12 heavy (non-hydrogen) atoms. The van der Waals surface area contributed by atoms with Crippen LogP contribution in [0.25, 0.3) is 0 Å². The van der Waals surface area contributed by atoms with Gasteiger partial charge in [0.25, 0.3) is 0 Å². The van der Waals surface area contributed by atoms with E-state index < -0.39 is 6.23 Å². The molecule has 4 heteroatoms. The Hall–Kier alpha value is -0.160. The summed E-state index contributed by atoms with van der Waals surface area (Å²) in [6, 6.07) is 0. The smallest absolute Gasteiger partial charge is 0.102 e. The van der Waals surface area contributed by atoms with Crippen LogP contribution in [0.5, 0.6) is 0 Å². The first-order chi connectivity index (χ1) is 5.70. The van der Waals surface area contributed by atoms with Crippen LogP contribution in [0.4, 0.5) is 0 Å². The molecule has 0 aliphatic heterocycles. The standard InChI is InChI=1S/C8H19NO3/c9-8(12)2-1-7(3-5-10)4-6-11/h7-8,10-12H,1-6,9H2. The third kappa shape index (κ3) is 6.54. The quantitative estimate of drug-likeness (QED) is 0.392. The topological polar surface area (TPSA) is 86.7 Å². The Morgan fingerprint density at radius 1 is 0.917 bits per heavy atom. The fourth-order valence-corrected chi connectivity index (χ4v) is 1.20. The first kappa shape index (κ1) is 11.8. The molecule has 0 aromatic carbocycles. The largest absolute Gasteiger partial charge is 0.396 e. The zero-order valence-electron chi connectivity index (χ0n) is 7.32. The lowest BCUT2D eigenvalue weighted by Gasteiger charge is -2.14. The van der Waals surface area contributed by atoms with E-state index in [0.717, 1.165) is 6.42 Å². The predicted molar refractivity (Wildman–Crippen MR) is 46.3 cm³/mol. The normalized spacial score (nSPS) is 13.8. The molecule has 0 saturated carbocycles. The zero-order chi connectivity index (χ0) is 9.40. The molecule has 0 amide bonds. The molecular weight excluding hydrogens is 158 g/mol. The molecule has 0 heterocycles. The Morgan fingerprint density at radius 3 is 1.75 bits per heavy atom. The van der Waals surface area contributed by atoms with E-state index in [1.54, 1.807) is 0 Å². The highest BCUT2D eigenvalue weighted by molar-refractivity contribution is 4.60. The Kier molecular flexibility index (Phi) is 7.39. The van der Waals surface area contributed by atoms with Crippen molar-refractivity contribution in [3.8, 4) is 0 Å². The lowest BCUT2D eigenvalue weighted by atomic mass is 9.96. The highest BCUT2D eigenvalue weighted by atomic mass is 16.3. The van der Waals surface area contributed by atoms with E-state index in [9.17, 15) is 0 Å². The molecule has 0 bridgehead atoms. The maximum Gasteiger partial charge on any atom is 0.102 e. The third-order valence-corrected chi connectivity index (χ3v) is 1.95. The van der Waals surface area contributed by atoms with E-state index in [4.69, 9.17) is 21.1 Å². The van der Waals surface area contributed by atoms with Gasteiger partial charge in [0.05, 0.1) is 0 Å². The summed E-state index contributed by atoms with van der Waals surface area (Å²) >= 11 is 0. The molecule has 5 N–H and O–H groups in total. The number of hydrogen-bond acceptors (Lipinski definition) is 4. The van der Waals surface area contributed by atoms with Crippen molar-refractivity contribution in [3.63, 3.8) is 0 Å². The van der Waals surface area contributed by atoms with Gasteiger partial charge in [-0.3, -0.25) is 0 Å². The van der Waals surface area contributed by atoms with Crippen LogP contribution in [0.15, 0.2) is 0 Å². The van der Waals surface area contributed by atoms with Gasteiger partial charge in [0.2, 0.25) is 0 Å². The third-order valence-electron chi connectivity index (χ3n) is 1.95. The van der Waals surface area contributed by atoms with Crippen LogP contribution in [0.2, 0.25) is 0 Å². The van der Waals surface area contributed by atoms with Crippen LogP contribution in [-0.4, -0.2) is 34.8 Å². The fourth-order valence-electron chi connectivity index (χ4n) is 1.20. The number of nitrogens with two attached hydrogens (primary N) is 1. The fraction of sp³-hybridized carbons (Fsp3) is 1.00. The Morgan fingerprint density at radius 2 is 1.42 bits per heavy atom. The van der Waals surface area contributed by atoms with Crippen molar-refractivity contribution in [1.29, 1.82) is 0 Å². The second-order valence-corrected chi connectivity index (χ2v) is 3.04. The summed E-state index contributed by atoms with van der Waals surface area (Å²) in [5.74, 6) is 0.276. The van der Waals surface area contributed by atoms with Gasteiger partial charge >= 0.3 is 0 Å².